The molecule has 0 aliphatic rings. The number of hydrogen-bond donors (Lipinski definition) is 1. The van der Waals surface area contributed by atoms with Gasteiger partial charge < -0.3 is 5.32 Å². The normalized spacial score (nSPS) is 10.8. The first-order valence-electron chi connectivity index (χ1n) is 7.06. The Morgan fingerprint density at radius 3 is 2.65 bits per heavy atom. The highest BCUT2D eigenvalue weighted by Crippen LogP contribution is 2.19. The topological polar surface area (TPSA) is 29.1 Å². The van der Waals surface area contributed by atoms with E-state index in [1.54, 1.807) is 11.3 Å². The van der Waals surface area contributed by atoms with Crippen LogP contribution in [0.4, 0.5) is 0 Å². The second kappa shape index (κ2) is 7.25. The third-order valence-electron chi connectivity index (χ3n) is 3.15. The van der Waals surface area contributed by atoms with E-state index in [0.717, 1.165) is 16.9 Å². The van der Waals surface area contributed by atoms with Crippen LogP contribution in [0.2, 0.25) is 0 Å². The summed E-state index contributed by atoms with van der Waals surface area (Å²) in [6.45, 7) is 5.03. The first-order valence-corrected chi connectivity index (χ1v) is 7.87. The Labute approximate surface area is 126 Å². The van der Waals surface area contributed by atoms with E-state index in [4.69, 9.17) is 0 Å². The number of amides is 1. The van der Waals surface area contributed by atoms with Crippen molar-refractivity contribution in [3.05, 3.63) is 57.8 Å². The van der Waals surface area contributed by atoms with Gasteiger partial charge in [-0.05, 0) is 36.5 Å². The summed E-state index contributed by atoms with van der Waals surface area (Å²) in [5, 5.41) is 2.96. The maximum atomic E-state index is 12.1. The maximum absolute atomic E-state index is 12.1. The molecule has 0 radical (unpaired) electrons. The summed E-state index contributed by atoms with van der Waals surface area (Å²) in [4.78, 5) is 14.2. The van der Waals surface area contributed by atoms with E-state index >= 15 is 0 Å². The van der Waals surface area contributed by atoms with Gasteiger partial charge in [-0.25, -0.2) is 0 Å². The summed E-state index contributed by atoms with van der Waals surface area (Å²) in [6.07, 6.45) is 2.24. The molecule has 2 nitrogen and oxygen atoms in total. The highest BCUT2D eigenvalue weighted by atomic mass is 32.1. The number of rotatable bonds is 6. The van der Waals surface area contributed by atoms with E-state index in [0.29, 0.717) is 12.5 Å². The van der Waals surface area contributed by atoms with Crippen LogP contribution >= 0.6 is 11.3 Å². The Bertz CT molecular complexity index is 551. The van der Waals surface area contributed by atoms with Crippen molar-refractivity contribution in [2.45, 2.75) is 33.2 Å². The Hall–Kier alpha value is -1.61. The quantitative estimate of drug-likeness (QED) is 0.832. The number of carbonyl (C=O) groups excluding carboxylic acids is 1. The molecule has 0 aliphatic carbocycles. The van der Waals surface area contributed by atoms with E-state index in [1.165, 1.54) is 11.3 Å². The summed E-state index contributed by atoms with van der Waals surface area (Å²) in [6, 6.07) is 14.0. The van der Waals surface area contributed by atoms with Crippen LogP contribution in [0.25, 0.3) is 0 Å². The molecule has 2 aromatic rings. The summed E-state index contributed by atoms with van der Waals surface area (Å²) < 4.78 is 0. The van der Waals surface area contributed by atoms with Crippen LogP contribution in [0.15, 0.2) is 42.5 Å². The van der Waals surface area contributed by atoms with Crippen molar-refractivity contribution in [3.63, 3.8) is 0 Å². The number of thiophene rings is 1. The Morgan fingerprint density at radius 2 is 1.95 bits per heavy atom. The lowest BCUT2D eigenvalue weighted by molar-refractivity contribution is 0.0955. The molecule has 0 saturated carbocycles. The summed E-state index contributed by atoms with van der Waals surface area (Å²) in [7, 11) is 0. The van der Waals surface area contributed by atoms with E-state index in [-0.39, 0.29) is 7.33 Å². The van der Waals surface area contributed by atoms with Crippen molar-refractivity contribution >= 4 is 17.2 Å². The lowest BCUT2D eigenvalue weighted by Crippen LogP contribution is -2.21. The van der Waals surface area contributed by atoms with Gasteiger partial charge in [0.2, 0.25) is 0 Å². The molecule has 0 bridgehead atoms. The van der Waals surface area contributed by atoms with Crippen LogP contribution < -0.4 is 5.32 Å². The number of aryl methyl sites for hydroxylation is 1. The molecule has 3 heteroatoms. The molecule has 1 N–H and O–H groups in total. The van der Waals surface area contributed by atoms with Crippen molar-refractivity contribution in [1.82, 2.24) is 5.32 Å². The number of benzene rings is 1. The number of nitrogens with one attached hydrogen (secondary N) is 1. The largest absolute Gasteiger partial charge is 0.347 e. The Kier molecular flexibility index (Phi) is 5.36. The van der Waals surface area contributed by atoms with Gasteiger partial charge in [0.25, 0.3) is 5.91 Å². The molecular formula is C17H23NOS. The van der Waals surface area contributed by atoms with Gasteiger partial charge in [0, 0.05) is 12.8 Å². The molecule has 108 valence electrons. The molecule has 0 aliphatic heterocycles. The van der Waals surface area contributed by atoms with Gasteiger partial charge in [-0.1, -0.05) is 44.2 Å². The molecule has 0 saturated heterocycles. The van der Waals surface area contributed by atoms with E-state index < -0.39 is 0 Å². The third-order valence-corrected chi connectivity index (χ3v) is 4.29. The predicted octanol–water partition coefficient (Wildman–Crippen LogP) is 4.51. The SMILES string of the molecule is CC(C)CCc1ccc(C(=O)NCc2ccccc2)s1.[HH]. The monoisotopic (exact) mass is 289 g/mol. The van der Waals surface area contributed by atoms with Crippen molar-refractivity contribution in [2.75, 3.05) is 0 Å². The van der Waals surface area contributed by atoms with Gasteiger partial charge in [-0.2, -0.15) is 0 Å². The van der Waals surface area contributed by atoms with E-state index in [1.807, 2.05) is 36.4 Å². The van der Waals surface area contributed by atoms with E-state index in [2.05, 4.69) is 25.2 Å². The molecule has 2 rings (SSSR count). The van der Waals surface area contributed by atoms with Gasteiger partial charge in [-0.15, -0.1) is 11.3 Å². The third kappa shape index (κ3) is 4.49. The highest BCUT2D eigenvalue weighted by Gasteiger charge is 2.09. The second-order valence-electron chi connectivity index (χ2n) is 5.37. The van der Waals surface area contributed by atoms with Crippen molar-refractivity contribution in [1.29, 1.82) is 0 Å². The van der Waals surface area contributed by atoms with Crippen LogP contribution in [0, 0.1) is 5.92 Å². The van der Waals surface area contributed by atoms with Gasteiger partial charge in [0.15, 0.2) is 0 Å². The minimum Gasteiger partial charge on any atom is -0.347 e. The van der Waals surface area contributed by atoms with Crippen molar-refractivity contribution < 1.29 is 6.22 Å². The van der Waals surface area contributed by atoms with Gasteiger partial charge in [-0.3, -0.25) is 4.79 Å². The van der Waals surface area contributed by atoms with Crippen LogP contribution in [0.3, 0.4) is 0 Å². The van der Waals surface area contributed by atoms with Crippen LogP contribution in [0.1, 0.15) is 41.8 Å². The molecular weight excluding hydrogens is 266 g/mol. The van der Waals surface area contributed by atoms with Gasteiger partial charge in [0.1, 0.15) is 0 Å². The smallest absolute Gasteiger partial charge is 0.261 e. The van der Waals surface area contributed by atoms with Gasteiger partial charge >= 0.3 is 0 Å². The summed E-state index contributed by atoms with van der Waals surface area (Å²) in [5.74, 6) is 0.724. The second-order valence-corrected chi connectivity index (χ2v) is 6.54. The Balaban J connectivity index is 0.00000220. The molecule has 1 aromatic carbocycles. The summed E-state index contributed by atoms with van der Waals surface area (Å²) >= 11 is 1.61. The first-order chi connectivity index (χ1) is 9.65. The average molecular weight is 289 g/mol. The van der Waals surface area contributed by atoms with Crippen LogP contribution in [-0.2, 0) is 13.0 Å². The maximum Gasteiger partial charge on any atom is 0.261 e. The minimum absolute atomic E-state index is 0. The Morgan fingerprint density at radius 1 is 1.20 bits per heavy atom. The fourth-order valence-corrected chi connectivity index (χ4v) is 2.87. The molecule has 1 aromatic heterocycles. The lowest BCUT2D eigenvalue weighted by Gasteiger charge is -2.03. The highest BCUT2D eigenvalue weighted by molar-refractivity contribution is 7.14. The molecule has 1 heterocycles. The van der Waals surface area contributed by atoms with Crippen LogP contribution in [0.5, 0.6) is 0 Å². The zero-order valence-electron chi connectivity index (χ0n) is 12.1. The molecule has 0 unspecified atom stereocenters. The fourth-order valence-electron chi connectivity index (χ4n) is 1.93. The zero-order chi connectivity index (χ0) is 14.4. The molecule has 1 amide bonds. The summed E-state index contributed by atoms with van der Waals surface area (Å²) in [5.41, 5.74) is 1.12. The average Bonchev–Trinajstić information content (AvgIpc) is 2.92. The molecule has 0 spiro atoms. The zero-order valence-corrected chi connectivity index (χ0v) is 12.9. The number of hydrogen-bond acceptors (Lipinski definition) is 2. The van der Waals surface area contributed by atoms with Crippen molar-refractivity contribution in [2.24, 2.45) is 5.92 Å². The van der Waals surface area contributed by atoms with Crippen LogP contribution in [-0.4, -0.2) is 5.91 Å². The standard InChI is InChI=1S/C17H21NOS.H2/c1-13(2)8-9-15-10-11-16(20-15)17(19)18-12-14-6-4-3-5-7-14;/h3-7,10-11,13H,8-9,12H2,1-2H3,(H,18,19);1H. The molecule has 0 atom stereocenters. The number of carbonyl (C=O) groups is 1. The first kappa shape index (κ1) is 14.8. The molecule has 0 fully saturated rings. The van der Waals surface area contributed by atoms with E-state index in [9.17, 15) is 4.79 Å². The fraction of sp³-hybridized carbons (Fsp3) is 0.353. The van der Waals surface area contributed by atoms with Crippen molar-refractivity contribution in [3.8, 4) is 0 Å². The van der Waals surface area contributed by atoms with Gasteiger partial charge in [0.05, 0.1) is 4.88 Å². The molecule has 20 heavy (non-hydrogen) atoms. The minimum atomic E-state index is 0. The lowest BCUT2D eigenvalue weighted by atomic mass is 10.1. The predicted molar refractivity (Wildman–Crippen MR) is 87.2 cm³/mol.